The van der Waals surface area contributed by atoms with E-state index >= 15 is 0 Å². The van der Waals surface area contributed by atoms with E-state index in [-0.39, 0.29) is 12.4 Å². The van der Waals surface area contributed by atoms with Crippen molar-refractivity contribution in [3.8, 4) is 23.1 Å². The molecular formula is C34H31FN4O2. The lowest BCUT2D eigenvalue weighted by molar-refractivity contribution is 0.164. The summed E-state index contributed by atoms with van der Waals surface area (Å²) in [6, 6.07) is 23.5. The van der Waals surface area contributed by atoms with E-state index < -0.39 is 6.09 Å². The number of nitrogens with zero attached hydrogens (tertiary/aromatic N) is 3. The molecule has 6 nitrogen and oxygen atoms in total. The maximum absolute atomic E-state index is 13.8. The fourth-order valence-corrected chi connectivity index (χ4v) is 4.70. The lowest BCUT2D eigenvalue weighted by atomic mass is 9.98. The molecule has 4 aromatic rings. The second-order valence-corrected chi connectivity index (χ2v) is 9.59. The second kappa shape index (κ2) is 13.9. The molecule has 1 aliphatic rings. The molecule has 0 saturated carbocycles. The van der Waals surface area contributed by atoms with Crippen LogP contribution in [-0.4, -0.2) is 27.2 Å². The summed E-state index contributed by atoms with van der Waals surface area (Å²) in [6.45, 7) is 0.858. The average molecular weight is 547 g/mol. The van der Waals surface area contributed by atoms with Crippen LogP contribution in [0.25, 0.3) is 16.8 Å². The molecular weight excluding hydrogens is 515 g/mol. The van der Waals surface area contributed by atoms with Gasteiger partial charge in [-0.05, 0) is 66.7 Å². The number of imidazole rings is 1. The van der Waals surface area contributed by atoms with Crippen LogP contribution >= 0.6 is 0 Å². The van der Waals surface area contributed by atoms with Gasteiger partial charge in [-0.2, -0.15) is 0 Å². The lowest BCUT2D eigenvalue weighted by Crippen LogP contribution is -2.14. The van der Waals surface area contributed by atoms with Gasteiger partial charge in [0.1, 0.15) is 12.4 Å². The normalized spacial score (nSPS) is 12.5. The molecule has 206 valence electrons. The number of para-hydroxylation sites is 1. The van der Waals surface area contributed by atoms with Gasteiger partial charge in [0.05, 0.1) is 11.4 Å². The first-order chi connectivity index (χ1) is 20.2. The van der Waals surface area contributed by atoms with Crippen molar-refractivity contribution in [2.45, 2.75) is 38.6 Å². The number of allylic oxidation sites excluding steroid dienone is 4. The lowest BCUT2D eigenvalue weighted by Gasteiger charge is -2.14. The van der Waals surface area contributed by atoms with E-state index in [0.717, 1.165) is 35.4 Å². The number of carbonyl (C=O) groups excluding carboxylic acids is 1. The SMILES string of the molecule is O=C(Nc1ccccc1)OCCC#Cc1nc(C2=CC=C(F)CC2)c(-c2ccncc2)n1CCCc1ccccc1. The monoisotopic (exact) mass is 546 g/mol. The van der Waals surface area contributed by atoms with E-state index in [9.17, 15) is 9.18 Å². The Hall–Kier alpha value is -4.96. The Morgan fingerprint density at radius 3 is 2.46 bits per heavy atom. The summed E-state index contributed by atoms with van der Waals surface area (Å²) in [6.07, 6.45) is 9.42. The summed E-state index contributed by atoms with van der Waals surface area (Å²) in [7, 11) is 0. The number of pyridine rings is 1. The van der Waals surface area contributed by atoms with Gasteiger partial charge in [-0.1, -0.05) is 60.5 Å². The number of ether oxygens (including phenoxy) is 1. The third kappa shape index (κ3) is 7.58. The quantitative estimate of drug-likeness (QED) is 0.173. The first-order valence-corrected chi connectivity index (χ1v) is 13.8. The zero-order chi connectivity index (χ0) is 28.3. The highest BCUT2D eigenvalue weighted by Crippen LogP contribution is 2.35. The van der Waals surface area contributed by atoms with Crippen molar-refractivity contribution in [2.75, 3.05) is 11.9 Å². The Bertz CT molecular complexity index is 1580. The number of hydrogen-bond donors (Lipinski definition) is 1. The fourth-order valence-electron chi connectivity index (χ4n) is 4.70. The van der Waals surface area contributed by atoms with Gasteiger partial charge in [0.2, 0.25) is 0 Å². The van der Waals surface area contributed by atoms with E-state index in [1.54, 1.807) is 24.5 Å². The molecule has 0 fully saturated rings. The van der Waals surface area contributed by atoms with Gasteiger partial charge in [0, 0.05) is 43.0 Å². The molecule has 7 heteroatoms. The van der Waals surface area contributed by atoms with E-state index in [4.69, 9.17) is 9.72 Å². The summed E-state index contributed by atoms with van der Waals surface area (Å²) in [5, 5.41) is 2.70. The Labute approximate surface area is 239 Å². The highest BCUT2D eigenvalue weighted by atomic mass is 19.1. The van der Waals surface area contributed by atoms with Crippen molar-refractivity contribution in [1.82, 2.24) is 14.5 Å². The van der Waals surface area contributed by atoms with Crippen LogP contribution in [0, 0.1) is 11.8 Å². The highest BCUT2D eigenvalue weighted by Gasteiger charge is 2.22. The topological polar surface area (TPSA) is 69.0 Å². The predicted molar refractivity (Wildman–Crippen MR) is 160 cm³/mol. The molecule has 0 radical (unpaired) electrons. The average Bonchev–Trinajstić information content (AvgIpc) is 3.37. The molecule has 0 unspecified atom stereocenters. The van der Waals surface area contributed by atoms with Crippen LogP contribution in [0.2, 0.25) is 0 Å². The number of rotatable bonds is 9. The molecule has 1 amide bonds. The molecule has 0 atom stereocenters. The van der Waals surface area contributed by atoms with Crippen LogP contribution in [0.3, 0.4) is 0 Å². The highest BCUT2D eigenvalue weighted by molar-refractivity contribution is 5.84. The number of aromatic nitrogens is 3. The van der Waals surface area contributed by atoms with E-state index in [0.29, 0.717) is 37.3 Å². The fraction of sp³-hybridized carbons (Fsp3) is 0.206. The number of aryl methyl sites for hydroxylation is 1. The minimum Gasteiger partial charge on any atom is -0.448 e. The van der Waals surface area contributed by atoms with Gasteiger partial charge in [-0.25, -0.2) is 14.2 Å². The van der Waals surface area contributed by atoms with Crippen molar-refractivity contribution < 1.29 is 13.9 Å². The summed E-state index contributed by atoms with van der Waals surface area (Å²) in [5.74, 6) is 6.85. The maximum atomic E-state index is 13.8. The van der Waals surface area contributed by atoms with Gasteiger partial charge in [0.25, 0.3) is 0 Å². The third-order valence-electron chi connectivity index (χ3n) is 6.69. The molecule has 0 aliphatic heterocycles. The zero-order valence-electron chi connectivity index (χ0n) is 22.7. The summed E-state index contributed by atoms with van der Waals surface area (Å²) < 4.78 is 21.3. The maximum Gasteiger partial charge on any atom is 0.411 e. The van der Waals surface area contributed by atoms with Gasteiger partial charge in [-0.3, -0.25) is 10.3 Å². The number of nitrogens with one attached hydrogen (secondary N) is 1. The van der Waals surface area contributed by atoms with Gasteiger partial charge in [-0.15, -0.1) is 0 Å². The van der Waals surface area contributed by atoms with Crippen LogP contribution in [-0.2, 0) is 17.7 Å². The first kappa shape index (κ1) is 27.6. The number of amides is 1. The standard InChI is InChI=1S/C34H31FN4O2/c35-29-18-16-27(17-19-29)32-33(28-20-22-36-23-21-28)39(24-9-12-26-10-3-1-4-11-26)31(38-32)15-7-8-25-41-34(40)37-30-13-5-2-6-14-30/h1-6,10-11,13-14,16,18,20-23H,8-9,12,17,19,24-25H2,(H,37,40). The summed E-state index contributed by atoms with van der Waals surface area (Å²) in [5.41, 5.74) is 5.65. The second-order valence-electron chi connectivity index (χ2n) is 9.59. The van der Waals surface area contributed by atoms with Gasteiger partial charge >= 0.3 is 6.09 Å². The van der Waals surface area contributed by atoms with Crippen molar-refractivity contribution in [2.24, 2.45) is 0 Å². The van der Waals surface area contributed by atoms with Crippen LogP contribution in [0.1, 0.15) is 42.8 Å². The molecule has 1 aliphatic carbocycles. The predicted octanol–water partition coefficient (Wildman–Crippen LogP) is 7.60. The third-order valence-corrected chi connectivity index (χ3v) is 6.69. The molecule has 2 aromatic carbocycles. The minimum absolute atomic E-state index is 0.127. The van der Waals surface area contributed by atoms with E-state index in [2.05, 4.69) is 38.8 Å². The van der Waals surface area contributed by atoms with Crippen molar-refractivity contribution in [3.05, 3.63) is 120 Å². The van der Waals surface area contributed by atoms with Crippen LogP contribution in [0.4, 0.5) is 14.9 Å². The first-order valence-electron chi connectivity index (χ1n) is 13.8. The number of carbonyl (C=O) groups is 1. The van der Waals surface area contributed by atoms with E-state index in [1.165, 1.54) is 11.6 Å². The number of halogens is 1. The van der Waals surface area contributed by atoms with Crippen LogP contribution in [0.15, 0.2) is 103 Å². The molecule has 0 spiro atoms. The Morgan fingerprint density at radius 1 is 0.976 bits per heavy atom. The van der Waals surface area contributed by atoms with Gasteiger partial charge < -0.3 is 9.30 Å². The van der Waals surface area contributed by atoms with Crippen LogP contribution in [0.5, 0.6) is 0 Å². The minimum atomic E-state index is -0.521. The van der Waals surface area contributed by atoms with Gasteiger partial charge in [0.15, 0.2) is 5.82 Å². The Kier molecular flexibility index (Phi) is 9.36. The smallest absolute Gasteiger partial charge is 0.411 e. The number of anilines is 1. The Balaban J connectivity index is 1.38. The van der Waals surface area contributed by atoms with Crippen LogP contribution < -0.4 is 5.32 Å². The Morgan fingerprint density at radius 2 is 1.73 bits per heavy atom. The molecule has 0 saturated heterocycles. The number of hydrogen-bond acceptors (Lipinski definition) is 4. The molecule has 5 rings (SSSR count). The molecule has 2 heterocycles. The largest absolute Gasteiger partial charge is 0.448 e. The summed E-state index contributed by atoms with van der Waals surface area (Å²) >= 11 is 0. The summed E-state index contributed by atoms with van der Waals surface area (Å²) in [4.78, 5) is 21.3. The molecule has 0 bridgehead atoms. The zero-order valence-corrected chi connectivity index (χ0v) is 22.7. The van der Waals surface area contributed by atoms with E-state index in [1.807, 2.05) is 54.6 Å². The molecule has 2 aromatic heterocycles. The van der Waals surface area contributed by atoms with Crippen molar-refractivity contribution in [3.63, 3.8) is 0 Å². The molecule has 41 heavy (non-hydrogen) atoms. The van der Waals surface area contributed by atoms with Crippen molar-refractivity contribution in [1.29, 1.82) is 0 Å². The van der Waals surface area contributed by atoms with Crippen molar-refractivity contribution >= 4 is 17.4 Å². The number of benzene rings is 2. The molecule has 1 N–H and O–H groups in total.